The maximum absolute atomic E-state index is 12.9. The van der Waals surface area contributed by atoms with Crippen LogP contribution in [0.3, 0.4) is 0 Å². The molecule has 3 rings (SSSR count). The van der Waals surface area contributed by atoms with Crippen molar-refractivity contribution in [3.63, 3.8) is 0 Å². The van der Waals surface area contributed by atoms with Crippen LogP contribution in [0.25, 0.3) is 10.6 Å². The Balaban J connectivity index is 1.61. The number of nitrogens with one attached hydrogen (secondary N) is 1. The Kier molecular flexibility index (Phi) is 4.96. The Bertz CT molecular complexity index is 818. The molecule has 0 fully saturated rings. The first-order valence-electron chi connectivity index (χ1n) is 7.51. The minimum absolute atomic E-state index is 0.116. The van der Waals surface area contributed by atoms with Gasteiger partial charge in [0.2, 0.25) is 5.91 Å². The number of pyridine rings is 1. The van der Waals surface area contributed by atoms with Crippen LogP contribution in [0.1, 0.15) is 24.2 Å². The summed E-state index contributed by atoms with van der Waals surface area (Å²) in [4.78, 5) is 20.7. The number of thiazole rings is 1. The molecular formula is C18H16FN3OS. The molecule has 0 aliphatic carbocycles. The van der Waals surface area contributed by atoms with Gasteiger partial charge in [0.05, 0.1) is 18.2 Å². The summed E-state index contributed by atoms with van der Waals surface area (Å²) in [6.07, 6.45) is 3.67. The van der Waals surface area contributed by atoms with Gasteiger partial charge in [0.25, 0.3) is 0 Å². The van der Waals surface area contributed by atoms with Crippen LogP contribution >= 0.6 is 11.3 Å². The normalized spacial score (nSPS) is 11.9. The maximum atomic E-state index is 12.9. The fraction of sp³-hybridized carbons (Fsp3) is 0.167. The summed E-state index contributed by atoms with van der Waals surface area (Å²) in [6.45, 7) is 1.87. The van der Waals surface area contributed by atoms with Gasteiger partial charge in [0.1, 0.15) is 10.8 Å². The number of rotatable bonds is 5. The second-order valence-corrected chi connectivity index (χ2v) is 6.26. The fourth-order valence-corrected chi connectivity index (χ4v) is 3.11. The molecule has 0 bridgehead atoms. The van der Waals surface area contributed by atoms with Crippen LogP contribution in [-0.2, 0) is 11.2 Å². The lowest BCUT2D eigenvalue weighted by Gasteiger charge is -2.13. The lowest BCUT2D eigenvalue weighted by atomic mass is 10.1. The highest BCUT2D eigenvalue weighted by Gasteiger charge is 2.12. The third-order valence-corrected chi connectivity index (χ3v) is 4.49. The minimum atomic E-state index is -0.289. The van der Waals surface area contributed by atoms with Crippen LogP contribution in [0.15, 0.2) is 54.2 Å². The number of aromatic nitrogens is 2. The molecule has 6 heteroatoms. The van der Waals surface area contributed by atoms with Crippen LogP contribution in [0, 0.1) is 5.82 Å². The quantitative estimate of drug-likeness (QED) is 0.769. The number of carbonyl (C=O) groups excluding carboxylic acids is 1. The lowest BCUT2D eigenvalue weighted by Crippen LogP contribution is -2.28. The Morgan fingerprint density at radius 1 is 1.29 bits per heavy atom. The van der Waals surface area contributed by atoms with Crippen molar-refractivity contribution >= 4 is 17.2 Å². The van der Waals surface area contributed by atoms with E-state index in [0.717, 1.165) is 21.8 Å². The van der Waals surface area contributed by atoms with Crippen LogP contribution in [-0.4, -0.2) is 15.9 Å². The first kappa shape index (κ1) is 16.3. The van der Waals surface area contributed by atoms with E-state index >= 15 is 0 Å². The monoisotopic (exact) mass is 341 g/mol. The Hall–Kier alpha value is -2.60. The summed E-state index contributed by atoms with van der Waals surface area (Å²) in [5.74, 6) is -0.405. The van der Waals surface area contributed by atoms with Gasteiger partial charge in [0.15, 0.2) is 0 Å². The van der Waals surface area contributed by atoms with Gasteiger partial charge in [-0.3, -0.25) is 9.78 Å². The van der Waals surface area contributed by atoms with E-state index in [2.05, 4.69) is 15.3 Å². The zero-order valence-electron chi connectivity index (χ0n) is 13.1. The van der Waals surface area contributed by atoms with E-state index in [1.54, 1.807) is 24.5 Å². The highest BCUT2D eigenvalue weighted by Crippen LogP contribution is 2.23. The largest absolute Gasteiger partial charge is 0.349 e. The van der Waals surface area contributed by atoms with Gasteiger partial charge in [-0.2, -0.15) is 0 Å². The van der Waals surface area contributed by atoms with E-state index in [0.29, 0.717) is 0 Å². The average molecular weight is 341 g/mol. The van der Waals surface area contributed by atoms with Crippen molar-refractivity contribution in [2.75, 3.05) is 0 Å². The fourth-order valence-electron chi connectivity index (χ4n) is 2.30. The van der Waals surface area contributed by atoms with Gasteiger partial charge in [0, 0.05) is 23.3 Å². The summed E-state index contributed by atoms with van der Waals surface area (Å²) < 4.78 is 12.9. The van der Waals surface area contributed by atoms with Gasteiger partial charge in [-0.25, -0.2) is 9.37 Å². The molecule has 0 spiro atoms. The molecule has 122 valence electrons. The summed E-state index contributed by atoms with van der Waals surface area (Å²) >= 11 is 1.49. The number of nitrogens with zero attached hydrogens (tertiary/aromatic N) is 2. The molecule has 1 unspecified atom stereocenters. The van der Waals surface area contributed by atoms with Crippen molar-refractivity contribution < 1.29 is 9.18 Å². The van der Waals surface area contributed by atoms with Crippen molar-refractivity contribution in [2.24, 2.45) is 0 Å². The molecular weight excluding hydrogens is 325 g/mol. The molecule has 3 aromatic rings. The molecule has 2 heterocycles. The topological polar surface area (TPSA) is 54.9 Å². The SMILES string of the molecule is CC(NC(=O)Cc1csc(-c2cccnc2)n1)c1ccc(F)cc1. The van der Waals surface area contributed by atoms with E-state index in [4.69, 9.17) is 0 Å². The van der Waals surface area contributed by atoms with E-state index in [9.17, 15) is 9.18 Å². The van der Waals surface area contributed by atoms with Gasteiger partial charge in [-0.15, -0.1) is 11.3 Å². The zero-order valence-corrected chi connectivity index (χ0v) is 13.9. The number of carbonyl (C=O) groups is 1. The molecule has 1 aromatic carbocycles. The number of halogens is 1. The van der Waals surface area contributed by atoms with E-state index in [-0.39, 0.29) is 24.2 Å². The molecule has 0 radical (unpaired) electrons. The second-order valence-electron chi connectivity index (χ2n) is 5.40. The van der Waals surface area contributed by atoms with Gasteiger partial charge in [-0.05, 0) is 36.8 Å². The van der Waals surface area contributed by atoms with Crippen molar-refractivity contribution in [3.8, 4) is 10.6 Å². The number of hydrogen-bond acceptors (Lipinski definition) is 4. The van der Waals surface area contributed by atoms with Crippen molar-refractivity contribution in [3.05, 3.63) is 71.2 Å². The van der Waals surface area contributed by atoms with E-state index in [1.165, 1.54) is 23.5 Å². The van der Waals surface area contributed by atoms with Crippen LogP contribution in [0.2, 0.25) is 0 Å². The molecule has 4 nitrogen and oxygen atoms in total. The summed E-state index contributed by atoms with van der Waals surface area (Å²) in [5.41, 5.74) is 2.52. The summed E-state index contributed by atoms with van der Waals surface area (Å²) in [6, 6.07) is 9.72. The third-order valence-electron chi connectivity index (χ3n) is 3.55. The molecule has 0 aliphatic heterocycles. The van der Waals surface area contributed by atoms with Gasteiger partial charge in [-0.1, -0.05) is 12.1 Å². The molecule has 24 heavy (non-hydrogen) atoms. The van der Waals surface area contributed by atoms with Crippen molar-refractivity contribution in [1.29, 1.82) is 0 Å². The molecule has 0 saturated carbocycles. The first-order valence-corrected chi connectivity index (χ1v) is 8.39. The van der Waals surface area contributed by atoms with Crippen molar-refractivity contribution in [2.45, 2.75) is 19.4 Å². The predicted molar refractivity (Wildman–Crippen MR) is 92.0 cm³/mol. The second kappa shape index (κ2) is 7.31. The molecule has 1 atom stereocenters. The van der Waals surface area contributed by atoms with Crippen LogP contribution < -0.4 is 5.32 Å². The molecule has 1 amide bonds. The highest BCUT2D eigenvalue weighted by atomic mass is 32.1. The average Bonchev–Trinajstić information content (AvgIpc) is 3.04. The maximum Gasteiger partial charge on any atom is 0.226 e. The Morgan fingerprint density at radius 3 is 2.79 bits per heavy atom. The number of amides is 1. The Morgan fingerprint density at radius 2 is 2.08 bits per heavy atom. The van der Waals surface area contributed by atoms with Crippen LogP contribution in [0.4, 0.5) is 4.39 Å². The molecule has 0 aliphatic rings. The number of benzene rings is 1. The zero-order chi connectivity index (χ0) is 16.9. The number of hydrogen-bond donors (Lipinski definition) is 1. The molecule has 0 saturated heterocycles. The van der Waals surface area contributed by atoms with E-state index < -0.39 is 0 Å². The van der Waals surface area contributed by atoms with Gasteiger partial charge >= 0.3 is 0 Å². The Labute approximate surface area is 143 Å². The minimum Gasteiger partial charge on any atom is -0.349 e. The molecule has 1 N–H and O–H groups in total. The van der Waals surface area contributed by atoms with Crippen molar-refractivity contribution in [1.82, 2.24) is 15.3 Å². The first-order chi connectivity index (χ1) is 11.6. The lowest BCUT2D eigenvalue weighted by molar-refractivity contribution is -0.121. The smallest absolute Gasteiger partial charge is 0.226 e. The standard InChI is InChI=1S/C18H16FN3OS/c1-12(13-4-6-15(19)7-5-13)21-17(23)9-16-11-24-18(22-16)14-3-2-8-20-10-14/h2-8,10-12H,9H2,1H3,(H,21,23). The van der Waals surface area contributed by atoms with Crippen LogP contribution in [0.5, 0.6) is 0 Å². The predicted octanol–water partition coefficient (Wildman–Crippen LogP) is 3.76. The highest BCUT2D eigenvalue weighted by molar-refractivity contribution is 7.13. The summed E-state index contributed by atoms with van der Waals surface area (Å²) in [5, 5.41) is 5.63. The molecule has 2 aromatic heterocycles. The van der Waals surface area contributed by atoms with Gasteiger partial charge < -0.3 is 5.32 Å². The summed E-state index contributed by atoms with van der Waals surface area (Å²) in [7, 11) is 0. The van der Waals surface area contributed by atoms with E-state index in [1.807, 2.05) is 24.4 Å². The third kappa shape index (κ3) is 4.02.